The van der Waals surface area contributed by atoms with Gasteiger partial charge < -0.3 is 5.11 Å². The van der Waals surface area contributed by atoms with Crippen molar-refractivity contribution >= 4 is 0 Å². The van der Waals surface area contributed by atoms with Gasteiger partial charge in [-0.25, -0.2) is 0 Å². The predicted octanol–water partition coefficient (Wildman–Crippen LogP) is 2.41. The van der Waals surface area contributed by atoms with Crippen molar-refractivity contribution in [3.63, 3.8) is 0 Å². The number of hydrogen-bond donors (Lipinski definition) is 1. The molecule has 76 valence electrons. The molecular weight excluding hydrogens is 186 g/mol. The van der Waals surface area contributed by atoms with Gasteiger partial charge in [-0.3, -0.25) is 0 Å². The van der Waals surface area contributed by atoms with Crippen molar-refractivity contribution < 1.29 is 13.9 Å². The van der Waals surface area contributed by atoms with Crippen molar-refractivity contribution in [2.75, 3.05) is 6.61 Å². The minimum Gasteiger partial charge on any atom is -0.390 e. The largest absolute Gasteiger partial charge is 0.390 e. The highest BCUT2D eigenvalue weighted by Gasteiger charge is 2.22. The Morgan fingerprint density at radius 1 is 1.21 bits per heavy atom. The lowest BCUT2D eigenvalue weighted by molar-refractivity contribution is -0.00500. The summed E-state index contributed by atoms with van der Waals surface area (Å²) in [6.07, 6.45) is 2.56. The molecule has 0 fully saturated rings. The Labute approximate surface area is 81.7 Å². The van der Waals surface area contributed by atoms with Gasteiger partial charge in [-0.2, -0.15) is 8.78 Å². The zero-order valence-electron chi connectivity index (χ0n) is 7.66. The first-order chi connectivity index (χ1) is 6.64. The number of benzene rings is 1. The minimum absolute atomic E-state index is 0.455. The van der Waals surface area contributed by atoms with Gasteiger partial charge in [0.25, 0.3) is 5.92 Å². The molecule has 14 heavy (non-hydrogen) atoms. The number of halogens is 2. The Hall–Kier alpha value is -1.22. The molecular formula is C11H12F2O. The second kappa shape index (κ2) is 4.86. The molecule has 1 rings (SSSR count). The first-order valence-electron chi connectivity index (χ1n) is 4.34. The van der Waals surface area contributed by atoms with Crippen molar-refractivity contribution in [2.45, 2.75) is 12.3 Å². The smallest absolute Gasteiger partial charge is 0.289 e. The fourth-order valence-electron chi connectivity index (χ4n) is 1.03. The quantitative estimate of drug-likeness (QED) is 0.736. The lowest BCUT2D eigenvalue weighted by atomic mass is 10.1. The SMILES string of the molecule is OCC(F)(F)/C=C/Cc1ccccc1. The topological polar surface area (TPSA) is 20.2 Å². The summed E-state index contributed by atoms with van der Waals surface area (Å²) in [5, 5.41) is 8.29. The summed E-state index contributed by atoms with van der Waals surface area (Å²) < 4.78 is 25.0. The van der Waals surface area contributed by atoms with E-state index in [9.17, 15) is 8.78 Å². The van der Waals surface area contributed by atoms with Crippen LogP contribution in [0.4, 0.5) is 8.78 Å². The minimum atomic E-state index is -3.10. The Kier molecular flexibility index (Phi) is 3.77. The zero-order chi connectivity index (χ0) is 10.4. The maximum absolute atomic E-state index is 12.5. The van der Waals surface area contributed by atoms with E-state index in [2.05, 4.69) is 0 Å². The zero-order valence-corrected chi connectivity index (χ0v) is 7.66. The van der Waals surface area contributed by atoms with Crippen LogP contribution in [0, 0.1) is 0 Å². The van der Waals surface area contributed by atoms with Gasteiger partial charge in [0.05, 0.1) is 0 Å². The van der Waals surface area contributed by atoms with E-state index >= 15 is 0 Å². The van der Waals surface area contributed by atoms with E-state index in [0.717, 1.165) is 11.6 Å². The molecule has 1 nitrogen and oxygen atoms in total. The van der Waals surface area contributed by atoms with Crippen LogP contribution in [0.25, 0.3) is 0 Å². The van der Waals surface area contributed by atoms with Crippen LogP contribution in [0.3, 0.4) is 0 Å². The molecule has 0 aromatic heterocycles. The lowest BCUT2D eigenvalue weighted by Crippen LogP contribution is -2.17. The summed E-state index contributed by atoms with van der Waals surface area (Å²) in [7, 11) is 0. The standard InChI is InChI=1S/C11H12F2O/c12-11(13,9-14)8-4-7-10-5-2-1-3-6-10/h1-6,8,14H,7,9H2/b8-4+. The molecule has 0 unspecified atom stereocenters. The average Bonchev–Trinajstić information content (AvgIpc) is 2.19. The van der Waals surface area contributed by atoms with Gasteiger partial charge in [-0.05, 0) is 18.1 Å². The highest BCUT2D eigenvalue weighted by atomic mass is 19.3. The normalized spacial score (nSPS) is 12.2. The Balaban J connectivity index is 2.49. The van der Waals surface area contributed by atoms with Crippen LogP contribution < -0.4 is 0 Å². The molecule has 3 heteroatoms. The second-order valence-electron chi connectivity index (χ2n) is 3.01. The van der Waals surface area contributed by atoms with Crippen LogP contribution in [-0.2, 0) is 6.42 Å². The fourth-order valence-corrected chi connectivity index (χ4v) is 1.03. The van der Waals surface area contributed by atoms with E-state index < -0.39 is 12.5 Å². The van der Waals surface area contributed by atoms with Gasteiger partial charge in [0.2, 0.25) is 0 Å². The lowest BCUT2D eigenvalue weighted by Gasteiger charge is -2.05. The van der Waals surface area contributed by atoms with E-state index in [1.54, 1.807) is 0 Å². The maximum Gasteiger partial charge on any atom is 0.289 e. The summed E-state index contributed by atoms with van der Waals surface area (Å²) in [6, 6.07) is 9.30. The first-order valence-corrected chi connectivity index (χ1v) is 4.34. The van der Waals surface area contributed by atoms with Crippen LogP contribution in [0.2, 0.25) is 0 Å². The molecule has 0 bridgehead atoms. The fraction of sp³-hybridized carbons (Fsp3) is 0.273. The van der Waals surface area contributed by atoms with Gasteiger partial charge in [0, 0.05) is 0 Å². The summed E-state index contributed by atoms with van der Waals surface area (Å²) >= 11 is 0. The molecule has 1 aromatic carbocycles. The summed E-state index contributed by atoms with van der Waals surface area (Å²) in [5.74, 6) is -3.10. The van der Waals surface area contributed by atoms with Crippen molar-refractivity contribution in [1.82, 2.24) is 0 Å². The van der Waals surface area contributed by atoms with Gasteiger partial charge in [-0.15, -0.1) is 0 Å². The number of aliphatic hydroxyl groups is 1. The van der Waals surface area contributed by atoms with Gasteiger partial charge >= 0.3 is 0 Å². The molecule has 1 aromatic rings. The average molecular weight is 198 g/mol. The van der Waals surface area contributed by atoms with E-state index in [0.29, 0.717) is 6.42 Å². The molecule has 0 amide bonds. The van der Waals surface area contributed by atoms with Crippen molar-refractivity contribution in [2.24, 2.45) is 0 Å². The summed E-state index contributed by atoms with van der Waals surface area (Å²) in [5.41, 5.74) is 0.970. The van der Waals surface area contributed by atoms with Gasteiger partial charge in [0.15, 0.2) is 0 Å². The van der Waals surface area contributed by atoms with Crippen LogP contribution in [0.1, 0.15) is 5.56 Å². The van der Waals surface area contributed by atoms with E-state index in [1.165, 1.54) is 6.08 Å². The van der Waals surface area contributed by atoms with Crippen molar-refractivity contribution in [3.05, 3.63) is 48.0 Å². The van der Waals surface area contributed by atoms with Crippen molar-refractivity contribution in [3.8, 4) is 0 Å². The van der Waals surface area contributed by atoms with Gasteiger partial charge in [0.1, 0.15) is 6.61 Å². The molecule has 0 aliphatic rings. The molecule has 0 heterocycles. The third-order valence-corrected chi connectivity index (χ3v) is 1.77. The summed E-state index contributed by atoms with van der Waals surface area (Å²) in [6.45, 7) is -1.14. The molecule has 0 atom stereocenters. The number of aliphatic hydroxyl groups excluding tert-OH is 1. The predicted molar refractivity (Wildman–Crippen MR) is 51.3 cm³/mol. The molecule has 0 spiro atoms. The van der Waals surface area contributed by atoms with Crippen LogP contribution in [0.15, 0.2) is 42.5 Å². The molecule has 1 N–H and O–H groups in total. The van der Waals surface area contributed by atoms with Crippen LogP contribution in [0.5, 0.6) is 0 Å². The Bertz CT molecular complexity index is 293. The Morgan fingerprint density at radius 3 is 2.43 bits per heavy atom. The highest BCUT2D eigenvalue weighted by Crippen LogP contribution is 2.14. The molecule has 0 radical (unpaired) electrons. The third-order valence-electron chi connectivity index (χ3n) is 1.77. The van der Waals surface area contributed by atoms with Gasteiger partial charge in [-0.1, -0.05) is 36.4 Å². The number of rotatable bonds is 4. The second-order valence-corrected chi connectivity index (χ2v) is 3.01. The van der Waals surface area contributed by atoms with E-state index in [1.807, 2.05) is 30.3 Å². The molecule has 0 aliphatic carbocycles. The highest BCUT2D eigenvalue weighted by molar-refractivity contribution is 5.18. The maximum atomic E-state index is 12.5. The molecule has 0 aliphatic heterocycles. The first kappa shape index (κ1) is 10.9. The number of hydrogen-bond acceptors (Lipinski definition) is 1. The summed E-state index contributed by atoms with van der Waals surface area (Å²) in [4.78, 5) is 0. The molecule has 0 saturated carbocycles. The van der Waals surface area contributed by atoms with Crippen molar-refractivity contribution in [1.29, 1.82) is 0 Å². The van der Waals surface area contributed by atoms with Crippen LogP contribution in [-0.4, -0.2) is 17.6 Å². The Morgan fingerprint density at radius 2 is 1.86 bits per heavy atom. The van der Waals surface area contributed by atoms with E-state index in [4.69, 9.17) is 5.11 Å². The molecule has 0 saturated heterocycles. The number of alkyl halides is 2. The van der Waals surface area contributed by atoms with E-state index in [-0.39, 0.29) is 0 Å². The van der Waals surface area contributed by atoms with Crippen LogP contribution >= 0.6 is 0 Å². The third kappa shape index (κ3) is 3.66. The number of allylic oxidation sites excluding steroid dienone is 1. The monoisotopic (exact) mass is 198 g/mol.